The van der Waals surface area contributed by atoms with Gasteiger partial charge in [0.15, 0.2) is 0 Å². The smallest absolute Gasteiger partial charge is 0.227 e. The highest BCUT2D eigenvalue weighted by atomic mass is 16.6. The number of nitrogens with zero attached hydrogens (tertiary/aromatic N) is 2. The quantitative estimate of drug-likeness (QED) is 0.849. The van der Waals surface area contributed by atoms with E-state index in [0.717, 1.165) is 42.9 Å². The van der Waals surface area contributed by atoms with Crippen LogP contribution in [0.15, 0.2) is 4.52 Å². The number of aryl methyl sites for hydroxylation is 2. The Labute approximate surface area is 130 Å². The van der Waals surface area contributed by atoms with Crippen molar-refractivity contribution in [2.45, 2.75) is 51.2 Å². The summed E-state index contributed by atoms with van der Waals surface area (Å²) in [6, 6.07) is 0. The van der Waals surface area contributed by atoms with Gasteiger partial charge in [0.25, 0.3) is 0 Å². The standard InChI is InChI=1S/C16H24N2O4/c1-11-13(12(2)22-17-11)9-15(19)18-7-5-14(20-3)16(10-18)6-4-8-21-16/h14H,4-10H2,1-3H3/t14-,16-/m0/s1. The van der Waals surface area contributed by atoms with Crippen LogP contribution < -0.4 is 0 Å². The predicted molar refractivity (Wildman–Crippen MR) is 79.6 cm³/mol. The number of aromatic nitrogens is 1. The van der Waals surface area contributed by atoms with E-state index in [0.29, 0.717) is 19.5 Å². The van der Waals surface area contributed by atoms with E-state index >= 15 is 0 Å². The molecule has 2 aliphatic heterocycles. The minimum absolute atomic E-state index is 0.0816. The van der Waals surface area contributed by atoms with Crippen LogP contribution in [0.1, 0.15) is 36.3 Å². The number of rotatable bonds is 3. The maximum absolute atomic E-state index is 12.7. The summed E-state index contributed by atoms with van der Waals surface area (Å²) in [5.74, 6) is 0.836. The maximum atomic E-state index is 12.7. The Bertz CT molecular complexity index is 529. The van der Waals surface area contributed by atoms with E-state index in [1.807, 2.05) is 18.7 Å². The first-order chi connectivity index (χ1) is 10.6. The van der Waals surface area contributed by atoms with Crippen LogP contribution in [0.4, 0.5) is 0 Å². The first-order valence-corrected chi connectivity index (χ1v) is 7.92. The molecule has 0 radical (unpaired) electrons. The van der Waals surface area contributed by atoms with Gasteiger partial charge in [-0.3, -0.25) is 4.79 Å². The molecule has 1 spiro atoms. The zero-order chi connectivity index (χ0) is 15.7. The van der Waals surface area contributed by atoms with Gasteiger partial charge in [0, 0.05) is 25.8 Å². The molecule has 0 N–H and O–H groups in total. The van der Waals surface area contributed by atoms with Crippen molar-refractivity contribution in [3.63, 3.8) is 0 Å². The fraction of sp³-hybridized carbons (Fsp3) is 0.750. The highest BCUT2D eigenvalue weighted by Gasteiger charge is 2.48. The Morgan fingerprint density at radius 3 is 2.91 bits per heavy atom. The van der Waals surface area contributed by atoms with Gasteiger partial charge in [-0.1, -0.05) is 5.16 Å². The molecule has 0 aliphatic carbocycles. The average Bonchev–Trinajstić information content (AvgIpc) is 3.09. The molecule has 0 bridgehead atoms. The molecule has 2 atom stereocenters. The van der Waals surface area contributed by atoms with Gasteiger partial charge in [-0.05, 0) is 33.1 Å². The van der Waals surface area contributed by atoms with Crippen molar-refractivity contribution < 1.29 is 18.8 Å². The number of carbonyl (C=O) groups excluding carboxylic acids is 1. The summed E-state index contributed by atoms with van der Waals surface area (Å²) in [6.45, 7) is 5.81. The Morgan fingerprint density at radius 1 is 1.50 bits per heavy atom. The van der Waals surface area contributed by atoms with Crippen LogP contribution in [0.5, 0.6) is 0 Å². The fourth-order valence-corrected chi connectivity index (χ4v) is 3.70. The molecule has 2 aliphatic rings. The molecule has 6 nitrogen and oxygen atoms in total. The maximum Gasteiger partial charge on any atom is 0.227 e. The van der Waals surface area contributed by atoms with Crippen molar-refractivity contribution in [3.8, 4) is 0 Å². The Kier molecular flexibility index (Phi) is 4.23. The predicted octanol–water partition coefficient (Wildman–Crippen LogP) is 1.63. The highest BCUT2D eigenvalue weighted by Crippen LogP contribution is 2.36. The van der Waals surface area contributed by atoms with E-state index in [2.05, 4.69) is 5.16 Å². The molecule has 22 heavy (non-hydrogen) atoms. The molecule has 1 aromatic rings. The summed E-state index contributed by atoms with van der Waals surface area (Å²) in [6.07, 6.45) is 3.24. The second kappa shape index (κ2) is 6.01. The zero-order valence-electron chi connectivity index (χ0n) is 13.6. The average molecular weight is 308 g/mol. The fourth-order valence-electron chi connectivity index (χ4n) is 3.70. The molecule has 0 unspecified atom stereocenters. The number of carbonyl (C=O) groups is 1. The Morgan fingerprint density at radius 2 is 2.32 bits per heavy atom. The number of ether oxygens (including phenoxy) is 2. The summed E-state index contributed by atoms with van der Waals surface area (Å²) >= 11 is 0. The van der Waals surface area contributed by atoms with E-state index in [1.165, 1.54) is 0 Å². The Hall–Kier alpha value is -1.40. The lowest BCUT2D eigenvalue weighted by Crippen LogP contribution is -2.58. The molecule has 0 aromatic carbocycles. The van der Waals surface area contributed by atoms with Gasteiger partial charge in [0.05, 0.1) is 24.8 Å². The van der Waals surface area contributed by atoms with Crippen LogP contribution in [0.3, 0.4) is 0 Å². The van der Waals surface area contributed by atoms with Crippen molar-refractivity contribution in [2.75, 3.05) is 26.8 Å². The van der Waals surface area contributed by atoms with Crippen LogP contribution in [0.2, 0.25) is 0 Å². The number of methoxy groups -OCH3 is 1. The van der Waals surface area contributed by atoms with Gasteiger partial charge in [-0.2, -0.15) is 0 Å². The number of piperidine rings is 1. The lowest BCUT2D eigenvalue weighted by atomic mass is 9.86. The first-order valence-electron chi connectivity index (χ1n) is 7.92. The first kappa shape index (κ1) is 15.5. The van der Waals surface area contributed by atoms with E-state index < -0.39 is 0 Å². The van der Waals surface area contributed by atoms with Crippen LogP contribution in [-0.2, 0) is 20.7 Å². The largest absolute Gasteiger partial charge is 0.378 e. The third-order valence-electron chi connectivity index (χ3n) is 4.99. The lowest BCUT2D eigenvalue weighted by molar-refractivity contribution is -0.160. The SMILES string of the molecule is CO[C@H]1CCN(C(=O)Cc2c(C)noc2C)C[C@@]12CCCO2. The monoisotopic (exact) mass is 308 g/mol. The topological polar surface area (TPSA) is 64.8 Å². The summed E-state index contributed by atoms with van der Waals surface area (Å²) in [4.78, 5) is 14.6. The number of likely N-dealkylation sites (tertiary alicyclic amines) is 1. The van der Waals surface area contributed by atoms with Gasteiger partial charge in [0.1, 0.15) is 11.4 Å². The molecular formula is C16H24N2O4. The Balaban J connectivity index is 1.71. The van der Waals surface area contributed by atoms with Gasteiger partial charge >= 0.3 is 0 Å². The van der Waals surface area contributed by atoms with Gasteiger partial charge in [0.2, 0.25) is 5.91 Å². The van der Waals surface area contributed by atoms with E-state index in [9.17, 15) is 4.79 Å². The van der Waals surface area contributed by atoms with Crippen LogP contribution in [0, 0.1) is 13.8 Å². The highest BCUT2D eigenvalue weighted by molar-refractivity contribution is 5.79. The van der Waals surface area contributed by atoms with Crippen molar-refractivity contribution in [3.05, 3.63) is 17.0 Å². The molecule has 3 rings (SSSR count). The molecule has 6 heteroatoms. The third kappa shape index (κ3) is 2.65. The minimum Gasteiger partial charge on any atom is -0.378 e. The van der Waals surface area contributed by atoms with Gasteiger partial charge in [-0.15, -0.1) is 0 Å². The zero-order valence-corrected chi connectivity index (χ0v) is 13.6. The third-order valence-corrected chi connectivity index (χ3v) is 4.99. The van der Waals surface area contributed by atoms with E-state index in [1.54, 1.807) is 7.11 Å². The molecule has 2 saturated heterocycles. The normalized spacial score (nSPS) is 28.5. The van der Waals surface area contributed by atoms with Crippen LogP contribution in [0.25, 0.3) is 0 Å². The molecule has 1 aromatic heterocycles. The number of hydrogen-bond acceptors (Lipinski definition) is 5. The summed E-state index contributed by atoms with van der Waals surface area (Å²) in [5.41, 5.74) is 1.38. The van der Waals surface area contributed by atoms with E-state index in [-0.39, 0.29) is 17.6 Å². The molecule has 122 valence electrons. The van der Waals surface area contributed by atoms with Crippen molar-refractivity contribution in [1.82, 2.24) is 10.1 Å². The van der Waals surface area contributed by atoms with E-state index in [4.69, 9.17) is 14.0 Å². The van der Waals surface area contributed by atoms with Gasteiger partial charge in [-0.25, -0.2) is 0 Å². The molecule has 2 fully saturated rings. The molecular weight excluding hydrogens is 284 g/mol. The summed E-state index contributed by atoms with van der Waals surface area (Å²) < 4.78 is 16.8. The lowest BCUT2D eigenvalue weighted by Gasteiger charge is -2.44. The second-order valence-electron chi connectivity index (χ2n) is 6.32. The van der Waals surface area contributed by atoms with Crippen molar-refractivity contribution >= 4 is 5.91 Å². The van der Waals surface area contributed by atoms with Crippen LogP contribution in [-0.4, -0.2) is 54.5 Å². The van der Waals surface area contributed by atoms with Crippen LogP contribution >= 0.6 is 0 Å². The summed E-state index contributed by atoms with van der Waals surface area (Å²) in [5, 5.41) is 3.92. The van der Waals surface area contributed by atoms with Crippen molar-refractivity contribution in [2.24, 2.45) is 0 Å². The minimum atomic E-state index is -0.318. The summed E-state index contributed by atoms with van der Waals surface area (Å²) in [7, 11) is 1.73. The molecule has 0 saturated carbocycles. The number of hydrogen-bond donors (Lipinski definition) is 0. The number of amides is 1. The van der Waals surface area contributed by atoms with Gasteiger partial charge < -0.3 is 18.9 Å². The molecule has 3 heterocycles. The van der Waals surface area contributed by atoms with Crippen molar-refractivity contribution in [1.29, 1.82) is 0 Å². The second-order valence-corrected chi connectivity index (χ2v) is 6.32. The molecule has 1 amide bonds.